The van der Waals surface area contributed by atoms with E-state index in [2.05, 4.69) is 15.0 Å². The molecule has 29 heavy (non-hydrogen) atoms. The molecule has 2 heterocycles. The van der Waals surface area contributed by atoms with E-state index in [9.17, 15) is 9.18 Å². The van der Waals surface area contributed by atoms with Gasteiger partial charge in [-0.05, 0) is 45.0 Å². The number of halogens is 1. The van der Waals surface area contributed by atoms with Crippen molar-refractivity contribution >= 4 is 17.7 Å². The number of carbonyl (C=O) groups excluding carboxylic acids is 1. The average molecular weight is 394 g/mol. The first-order chi connectivity index (χ1) is 13.8. The monoisotopic (exact) mass is 394 g/mol. The summed E-state index contributed by atoms with van der Waals surface area (Å²) in [6.45, 7) is 6.51. The van der Waals surface area contributed by atoms with E-state index >= 15 is 0 Å². The van der Waals surface area contributed by atoms with Crippen molar-refractivity contribution < 1.29 is 9.18 Å². The number of benzene rings is 1. The van der Waals surface area contributed by atoms with Crippen LogP contribution in [0.5, 0.6) is 0 Å². The SMILES string of the molecule is CCN(CC)C(=O)c1ccc(-c2nc(N)nc(C)c2-c2ccc(N)nc2)cc1F. The van der Waals surface area contributed by atoms with E-state index in [4.69, 9.17) is 11.5 Å². The van der Waals surface area contributed by atoms with Crippen LogP contribution in [0.4, 0.5) is 16.2 Å². The minimum Gasteiger partial charge on any atom is -0.384 e. The summed E-state index contributed by atoms with van der Waals surface area (Å²) in [6.07, 6.45) is 1.61. The van der Waals surface area contributed by atoms with E-state index in [0.29, 0.717) is 41.4 Å². The van der Waals surface area contributed by atoms with Crippen molar-refractivity contribution in [1.29, 1.82) is 0 Å². The van der Waals surface area contributed by atoms with Gasteiger partial charge in [0.25, 0.3) is 5.91 Å². The number of nitrogens with two attached hydrogens (primary N) is 2. The molecule has 0 radical (unpaired) electrons. The number of amides is 1. The van der Waals surface area contributed by atoms with Crippen LogP contribution in [0.3, 0.4) is 0 Å². The molecule has 0 spiro atoms. The second kappa shape index (κ2) is 8.22. The average Bonchev–Trinajstić information content (AvgIpc) is 2.69. The fourth-order valence-electron chi connectivity index (χ4n) is 3.22. The van der Waals surface area contributed by atoms with E-state index in [1.807, 2.05) is 13.8 Å². The highest BCUT2D eigenvalue weighted by molar-refractivity contribution is 5.95. The Kier molecular flexibility index (Phi) is 5.72. The molecular weight excluding hydrogens is 371 g/mol. The third-order valence-electron chi connectivity index (χ3n) is 4.71. The maximum absolute atomic E-state index is 14.9. The first-order valence-corrected chi connectivity index (χ1v) is 9.30. The normalized spacial score (nSPS) is 10.8. The molecule has 150 valence electrons. The third kappa shape index (κ3) is 4.01. The number of nitrogens with zero attached hydrogens (tertiary/aromatic N) is 4. The van der Waals surface area contributed by atoms with Crippen LogP contribution in [0.15, 0.2) is 36.5 Å². The molecule has 4 N–H and O–H groups in total. The Bertz CT molecular complexity index is 1050. The van der Waals surface area contributed by atoms with E-state index in [-0.39, 0.29) is 17.4 Å². The molecule has 1 aromatic carbocycles. The van der Waals surface area contributed by atoms with E-state index < -0.39 is 5.82 Å². The van der Waals surface area contributed by atoms with E-state index in [1.54, 1.807) is 36.2 Å². The summed E-state index contributed by atoms with van der Waals surface area (Å²) in [6, 6.07) is 7.90. The molecule has 0 unspecified atom stereocenters. The smallest absolute Gasteiger partial charge is 0.256 e. The number of pyridine rings is 1. The Morgan fingerprint density at radius 1 is 1.07 bits per heavy atom. The van der Waals surface area contributed by atoms with Crippen LogP contribution >= 0.6 is 0 Å². The van der Waals surface area contributed by atoms with Gasteiger partial charge in [0.2, 0.25) is 5.95 Å². The molecule has 2 aromatic heterocycles. The second-order valence-corrected chi connectivity index (χ2v) is 6.53. The fraction of sp³-hybridized carbons (Fsp3) is 0.238. The molecule has 0 fully saturated rings. The van der Waals surface area contributed by atoms with Crippen LogP contribution in [-0.4, -0.2) is 38.8 Å². The summed E-state index contributed by atoms with van der Waals surface area (Å²) < 4.78 is 14.9. The molecule has 0 aliphatic heterocycles. The summed E-state index contributed by atoms with van der Waals surface area (Å²) in [5.41, 5.74) is 14.5. The van der Waals surface area contributed by atoms with Crippen molar-refractivity contribution in [2.24, 2.45) is 0 Å². The van der Waals surface area contributed by atoms with Gasteiger partial charge in [0.1, 0.15) is 11.6 Å². The van der Waals surface area contributed by atoms with Crippen LogP contribution in [0.1, 0.15) is 29.9 Å². The van der Waals surface area contributed by atoms with Crippen LogP contribution < -0.4 is 11.5 Å². The van der Waals surface area contributed by atoms with Crippen molar-refractivity contribution in [3.8, 4) is 22.4 Å². The van der Waals surface area contributed by atoms with Crippen LogP contribution in [0, 0.1) is 12.7 Å². The zero-order chi connectivity index (χ0) is 21.1. The van der Waals surface area contributed by atoms with Gasteiger partial charge in [-0.1, -0.05) is 6.07 Å². The number of rotatable bonds is 5. The van der Waals surface area contributed by atoms with Gasteiger partial charge in [-0.2, -0.15) is 0 Å². The molecule has 0 aliphatic carbocycles. The van der Waals surface area contributed by atoms with Gasteiger partial charge >= 0.3 is 0 Å². The quantitative estimate of drug-likeness (QED) is 0.687. The van der Waals surface area contributed by atoms with Crippen molar-refractivity contribution in [2.45, 2.75) is 20.8 Å². The molecule has 7 nitrogen and oxygen atoms in total. The number of carbonyl (C=O) groups is 1. The Hall–Kier alpha value is -3.55. The Morgan fingerprint density at radius 2 is 1.76 bits per heavy atom. The summed E-state index contributed by atoms with van der Waals surface area (Å²) in [7, 11) is 0. The number of anilines is 2. The molecule has 3 aromatic rings. The number of hydrogen-bond acceptors (Lipinski definition) is 6. The highest BCUT2D eigenvalue weighted by Gasteiger charge is 2.20. The molecule has 0 saturated carbocycles. The molecule has 0 bridgehead atoms. The molecule has 0 aliphatic rings. The highest BCUT2D eigenvalue weighted by atomic mass is 19.1. The lowest BCUT2D eigenvalue weighted by Crippen LogP contribution is -2.31. The minimum absolute atomic E-state index is 0.0203. The largest absolute Gasteiger partial charge is 0.384 e. The standard InChI is InChI=1S/C21H23FN6O/c1-4-28(5-2)20(29)15-8-6-13(10-16(15)22)19-18(12(3)26-21(24)27-19)14-7-9-17(23)25-11-14/h6-11H,4-5H2,1-3H3,(H2,23,25)(H2,24,26,27). The molecule has 1 amide bonds. The minimum atomic E-state index is -0.615. The number of aromatic nitrogens is 3. The molecule has 3 rings (SSSR count). The first-order valence-electron chi connectivity index (χ1n) is 9.30. The van der Waals surface area contributed by atoms with Gasteiger partial charge in [-0.25, -0.2) is 19.3 Å². The van der Waals surface area contributed by atoms with E-state index in [0.717, 1.165) is 5.56 Å². The Labute approximate surface area is 168 Å². The van der Waals surface area contributed by atoms with Crippen molar-refractivity contribution in [3.05, 3.63) is 53.6 Å². The second-order valence-electron chi connectivity index (χ2n) is 6.53. The van der Waals surface area contributed by atoms with Crippen LogP contribution in [0.2, 0.25) is 0 Å². The lowest BCUT2D eigenvalue weighted by Gasteiger charge is -2.19. The van der Waals surface area contributed by atoms with Gasteiger partial charge in [0.05, 0.1) is 17.0 Å². The number of hydrogen-bond donors (Lipinski definition) is 2. The van der Waals surface area contributed by atoms with Gasteiger partial charge in [-0.15, -0.1) is 0 Å². The zero-order valence-electron chi connectivity index (χ0n) is 16.6. The highest BCUT2D eigenvalue weighted by Crippen LogP contribution is 2.34. The van der Waals surface area contributed by atoms with Crippen molar-refractivity contribution in [2.75, 3.05) is 24.6 Å². The van der Waals surface area contributed by atoms with Gasteiger partial charge in [-0.3, -0.25) is 4.79 Å². The molecular formula is C21H23FN6O. The zero-order valence-corrected chi connectivity index (χ0v) is 16.6. The van der Waals surface area contributed by atoms with Crippen molar-refractivity contribution in [3.63, 3.8) is 0 Å². The summed E-state index contributed by atoms with van der Waals surface area (Å²) in [5.74, 6) is -0.501. The van der Waals surface area contributed by atoms with Gasteiger partial charge in [0.15, 0.2) is 0 Å². The maximum Gasteiger partial charge on any atom is 0.256 e. The summed E-state index contributed by atoms with van der Waals surface area (Å²) >= 11 is 0. The van der Waals surface area contributed by atoms with Gasteiger partial charge < -0.3 is 16.4 Å². The predicted molar refractivity (Wildman–Crippen MR) is 111 cm³/mol. The summed E-state index contributed by atoms with van der Waals surface area (Å²) in [5, 5.41) is 0. The maximum atomic E-state index is 14.9. The van der Waals surface area contributed by atoms with Crippen LogP contribution in [-0.2, 0) is 0 Å². The lowest BCUT2D eigenvalue weighted by molar-refractivity contribution is 0.0768. The Balaban J connectivity index is 2.13. The van der Waals surface area contributed by atoms with Crippen molar-refractivity contribution in [1.82, 2.24) is 19.9 Å². The molecule has 0 atom stereocenters. The lowest BCUT2D eigenvalue weighted by atomic mass is 9.98. The van der Waals surface area contributed by atoms with Crippen LogP contribution in [0.25, 0.3) is 22.4 Å². The molecule has 8 heteroatoms. The van der Waals surface area contributed by atoms with E-state index in [1.165, 1.54) is 12.1 Å². The fourth-order valence-corrected chi connectivity index (χ4v) is 3.22. The Morgan fingerprint density at radius 3 is 2.34 bits per heavy atom. The number of nitrogen functional groups attached to an aromatic ring is 2. The predicted octanol–water partition coefficient (Wildman–Crippen LogP) is 3.30. The third-order valence-corrected chi connectivity index (χ3v) is 4.71. The van der Waals surface area contributed by atoms with Gasteiger partial charge in [0, 0.05) is 36.0 Å². The number of aryl methyl sites for hydroxylation is 1. The first kappa shape index (κ1) is 20.2. The topological polar surface area (TPSA) is 111 Å². The summed E-state index contributed by atoms with van der Waals surface area (Å²) in [4.78, 5) is 26.8. The molecule has 0 saturated heterocycles.